The van der Waals surface area contributed by atoms with Gasteiger partial charge in [0.1, 0.15) is 16.0 Å². The lowest BCUT2D eigenvalue weighted by atomic mass is 10.2. The summed E-state index contributed by atoms with van der Waals surface area (Å²) in [6.45, 7) is -0.536. The summed E-state index contributed by atoms with van der Waals surface area (Å²) in [5.41, 5.74) is -1.73. The maximum absolute atomic E-state index is 13.8. The van der Waals surface area contributed by atoms with Gasteiger partial charge in [-0.2, -0.15) is 0 Å². The molecule has 0 N–H and O–H groups in total. The van der Waals surface area contributed by atoms with Crippen LogP contribution < -0.4 is 11.2 Å². The Morgan fingerprint density at radius 1 is 1.00 bits per heavy atom. The lowest BCUT2D eigenvalue weighted by molar-refractivity contribution is 0.486. The van der Waals surface area contributed by atoms with Crippen LogP contribution in [0, 0.1) is 17.5 Å². The number of hydrogen-bond acceptors (Lipinski definition) is 4. The Balaban J connectivity index is 2.06. The monoisotopic (exact) mass is 387 g/mol. The van der Waals surface area contributed by atoms with E-state index in [9.17, 15) is 22.8 Å². The molecule has 0 aliphatic rings. The van der Waals surface area contributed by atoms with E-state index in [1.807, 2.05) is 0 Å². The lowest BCUT2D eigenvalue weighted by Crippen LogP contribution is -2.40. The molecule has 0 saturated carbocycles. The third kappa shape index (κ3) is 3.52. The van der Waals surface area contributed by atoms with E-state index in [1.165, 1.54) is 17.5 Å². The molecule has 25 heavy (non-hydrogen) atoms. The first-order chi connectivity index (χ1) is 11.9. The van der Waals surface area contributed by atoms with Gasteiger partial charge in [0.25, 0.3) is 5.56 Å². The topological polar surface area (TPSA) is 56.9 Å². The molecule has 10 heteroatoms. The summed E-state index contributed by atoms with van der Waals surface area (Å²) >= 11 is 7.16. The largest absolute Gasteiger partial charge is 0.332 e. The average Bonchev–Trinajstić information content (AvgIpc) is 3.05. The normalized spacial score (nSPS) is 11.0. The second-order valence-corrected chi connectivity index (χ2v) is 6.41. The molecule has 3 rings (SSSR count). The van der Waals surface area contributed by atoms with Crippen LogP contribution in [0.15, 0.2) is 39.4 Å². The third-order valence-corrected chi connectivity index (χ3v) is 4.50. The molecule has 2 aromatic heterocycles. The molecule has 5 nitrogen and oxygen atoms in total. The number of rotatable bonds is 4. The Kier molecular flexibility index (Phi) is 4.78. The van der Waals surface area contributed by atoms with E-state index in [-0.39, 0.29) is 17.3 Å². The Bertz CT molecular complexity index is 1050. The minimum atomic E-state index is -1.34. The van der Waals surface area contributed by atoms with Crippen LogP contribution in [0.5, 0.6) is 0 Å². The number of hydrogen-bond donors (Lipinski definition) is 0. The van der Waals surface area contributed by atoms with E-state index >= 15 is 0 Å². The van der Waals surface area contributed by atoms with Gasteiger partial charge in [0.15, 0.2) is 11.6 Å². The van der Waals surface area contributed by atoms with Crippen molar-refractivity contribution in [3.05, 3.63) is 83.8 Å². The summed E-state index contributed by atoms with van der Waals surface area (Å²) < 4.78 is 42.0. The van der Waals surface area contributed by atoms with Crippen molar-refractivity contribution in [2.75, 3.05) is 0 Å². The van der Waals surface area contributed by atoms with Gasteiger partial charge < -0.3 is 0 Å². The number of thiazole rings is 1. The van der Waals surface area contributed by atoms with Gasteiger partial charge in [-0.05, 0) is 6.07 Å². The Hall–Kier alpha value is -2.39. The summed E-state index contributed by atoms with van der Waals surface area (Å²) in [5.74, 6) is -3.62. The fourth-order valence-electron chi connectivity index (χ4n) is 2.20. The van der Waals surface area contributed by atoms with Crippen molar-refractivity contribution in [1.29, 1.82) is 0 Å². The van der Waals surface area contributed by atoms with Gasteiger partial charge >= 0.3 is 5.69 Å². The van der Waals surface area contributed by atoms with Crippen molar-refractivity contribution in [3.63, 3.8) is 0 Å². The molecule has 2 heterocycles. The number of benzene rings is 1. The van der Waals surface area contributed by atoms with Crippen LogP contribution in [-0.4, -0.2) is 14.1 Å². The first kappa shape index (κ1) is 17.4. The summed E-state index contributed by atoms with van der Waals surface area (Å²) in [5, 5.41) is 1.97. The minimum absolute atomic E-state index is 0.0766. The van der Waals surface area contributed by atoms with E-state index in [2.05, 4.69) is 4.98 Å². The Morgan fingerprint density at radius 2 is 1.72 bits per heavy atom. The molecule has 0 aliphatic carbocycles. The standard InChI is InChI=1S/C15H9ClF3N3O2S/c16-12-5-14(23)22(7-13-20-1-2-25-13)15(24)21(12)6-8-3-10(18)11(19)4-9(8)17/h1-5H,6-7H2. The molecule has 130 valence electrons. The summed E-state index contributed by atoms with van der Waals surface area (Å²) in [6, 6.07) is 2.02. The summed E-state index contributed by atoms with van der Waals surface area (Å²) in [6.07, 6.45) is 1.52. The second kappa shape index (κ2) is 6.85. The van der Waals surface area contributed by atoms with E-state index in [0.717, 1.165) is 15.2 Å². The molecule has 0 fully saturated rings. The summed E-state index contributed by atoms with van der Waals surface area (Å²) in [4.78, 5) is 28.5. The van der Waals surface area contributed by atoms with Gasteiger partial charge in [0, 0.05) is 29.3 Å². The Labute approximate surface area is 147 Å². The van der Waals surface area contributed by atoms with Crippen molar-refractivity contribution in [2.24, 2.45) is 0 Å². The smallest absolute Gasteiger partial charge is 0.279 e. The molecule has 0 atom stereocenters. The average molecular weight is 388 g/mol. The highest BCUT2D eigenvalue weighted by molar-refractivity contribution is 7.09. The predicted molar refractivity (Wildman–Crippen MR) is 86.6 cm³/mol. The van der Waals surface area contributed by atoms with Crippen molar-refractivity contribution in [2.45, 2.75) is 13.1 Å². The van der Waals surface area contributed by atoms with Gasteiger partial charge in [0.05, 0.1) is 13.1 Å². The van der Waals surface area contributed by atoms with Crippen molar-refractivity contribution >= 4 is 22.9 Å². The quantitative estimate of drug-likeness (QED) is 0.511. The molecular formula is C15H9ClF3N3O2S. The van der Waals surface area contributed by atoms with Gasteiger partial charge in [-0.1, -0.05) is 11.6 Å². The van der Waals surface area contributed by atoms with Crippen LogP contribution in [-0.2, 0) is 13.1 Å². The highest BCUT2D eigenvalue weighted by Gasteiger charge is 2.15. The van der Waals surface area contributed by atoms with Crippen LogP contribution in [0.4, 0.5) is 13.2 Å². The number of aromatic nitrogens is 3. The summed E-state index contributed by atoms with van der Waals surface area (Å²) in [7, 11) is 0. The molecule has 3 aromatic rings. The first-order valence-electron chi connectivity index (χ1n) is 6.89. The maximum atomic E-state index is 13.8. The highest BCUT2D eigenvalue weighted by Crippen LogP contribution is 2.16. The van der Waals surface area contributed by atoms with Crippen molar-refractivity contribution in [1.82, 2.24) is 14.1 Å². The highest BCUT2D eigenvalue weighted by atomic mass is 35.5. The van der Waals surface area contributed by atoms with Gasteiger partial charge in [0.2, 0.25) is 0 Å². The molecule has 0 aliphatic heterocycles. The van der Waals surface area contributed by atoms with E-state index in [1.54, 1.807) is 5.38 Å². The molecule has 1 aromatic carbocycles. The number of halogens is 4. The molecule has 0 spiro atoms. The van der Waals surface area contributed by atoms with Crippen molar-refractivity contribution in [3.8, 4) is 0 Å². The molecule has 0 radical (unpaired) electrons. The number of nitrogens with zero attached hydrogens (tertiary/aromatic N) is 3. The first-order valence-corrected chi connectivity index (χ1v) is 8.14. The molecule has 0 unspecified atom stereocenters. The Morgan fingerprint density at radius 3 is 2.40 bits per heavy atom. The molecular weight excluding hydrogens is 379 g/mol. The third-order valence-electron chi connectivity index (χ3n) is 3.42. The van der Waals surface area contributed by atoms with Crippen LogP contribution >= 0.6 is 22.9 Å². The zero-order valence-corrected chi connectivity index (χ0v) is 14.0. The minimum Gasteiger partial charge on any atom is -0.279 e. The van der Waals surface area contributed by atoms with Crippen LogP contribution in [0.1, 0.15) is 10.6 Å². The zero-order valence-electron chi connectivity index (χ0n) is 12.4. The zero-order chi connectivity index (χ0) is 18.1. The van der Waals surface area contributed by atoms with Crippen LogP contribution in [0.25, 0.3) is 0 Å². The van der Waals surface area contributed by atoms with Gasteiger partial charge in [-0.15, -0.1) is 11.3 Å². The molecule has 0 bridgehead atoms. The van der Waals surface area contributed by atoms with E-state index in [0.29, 0.717) is 17.1 Å². The molecule has 0 saturated heterocycles. The van der Waals surface area contributed by atoms with Crippen molar-refractivity contribution < 1.29 is 13.2 Å². The predicted octanol–water partition coefficient (Wildman–Crippen LogP) is 2.63. The fraction of sp³-hybridized carbons (Fsp3) is 0.133. The van der Waals surface area contributed by atoms with Crippen LogP contribution in [0.2, 0.25) is 5.15 Å². The molecule has 0 amide bonds. The maximum Gasteiger partial charge on any atom is 0.332 e. The lowest BCUT2D eigenvalue weighted by Gasteiger charge is -2.12. The van der Waals surface area contributed by atoms with E-state index in [4.69, 9.17) is 11.6 Å². The van der Waals surface area contributed by atoms with Crippen LogP contribution in [0.3, 0.4) is 0 Å². The SMILES string of the molecule is O=c1cc(Cl)n(Cc2cc(F)c(F)cc2F)c(=O)n1Cc1nccs1. The fourth-order valence-corrected chi connectivity index (χ4v) is 3.03. The van der Waals surface area contributed by atoms with Gasteiger partial charge in [-0.3, -0.25) is 13.9 Å². The second-order valence-electron chi connectivity index (χ2n) is 5.04. The van der Waals surface area contributed by atoms with Gasteiger partial charge in [-0.25, -0.2) is 22.9 Å². The van der Waals surface area contributed by atoms with E-state index < -0.39 is 35.2 Å².